The number of aromatic nitrogens is 1. The topological polar surface area (TPSA) is 42.0 Å². The average molecular weight is 229 g/mol. The normalized spacial score (nSPS) is 9.58. The summed E-state index contributed by atoms with van der Waals surface area (Å²) < 4.78 is 0.665. The number of amides is 1. The van der Waals surface area contributed by atoms with Crippen LogP contribution in [-0.2, 0) is 4.79 Å². The molecule has 0 unspecified atom stereocenters. The highest BCUT2D eigenvalue weighted by Gasteiger charge is 2.01. The van der Waals surface area contributed by atoms with Crippen molar-refractivity contribution < 1.29 is 4.79 Å². The number of rotatable bonds is 1. The summed E-state index contributed by atoms with van der Waals surface area (Å²) in [5.41, 5.74) is 1.61. The molecule has 0 aromatic carbocycles. The van der Waals surface area contributed by atoms with E-state index in [0.29, 0.717) is 10.3 Å². The van der Waals surface area contributed by atoms with Crippen LogP contribution in [0.1, 0.15) is 12.6 Å². The Balaban J connectivity index is 2.93. The maximum atomic E-state index is 10.7. The first-order valence-corrected chi connectivity index (χ1v) is 4.29. The first-order chi connectivity index (χ1) is 5.59. The molecule has 0 saturated heterocycles. The molecule has 0 saturated carbocycles. The van der Waals surface area contributed by atoms with Crippen molar-refractivity contribution in [3.8, 4) is 0 Å². The van der Waals surface area contributed by atoms with Gasteiger partial charge in [-0.3, -0.25) is 4.79 Å². The van der Waals surface area contributed by atoms with Gasteiger partial charge >= 0.3 is 0 Å². The third-order valence-corrected chi connectivity index (χ3v) is 1.90. The first-order valence-electron chi connectivity index (χ1n) is 3.50. The molecular weight excluding hydrogens is 220 g/mol. The smallest absolute Gasteiger partial charge is 0.221 e. The molecule has 0 atom stereocenters. The zero-order valence-corrected chi connectivity index (χ0v) is 8.47. The molecule has 1 N–H and O–H groups in total. The molecule has 0 fully saturated rings. The minimum atomic E-state index is -0.0960. The predicted molar refractivity (Wildman–Crippen MR) is 51.0 cm³/mol. The molecule has 0 spiro atoms. The number of halogens is 1. The second-order valence-electron chi connectivity index (χ2n) is 2.47. The number of carbonyl (C=O) groups is 1. The van der Waals surface area contributed by atoms with Gasteiger partial charge in [0, 0.05) is 12.6 Å². The van der Waals surface area contributed by atoms with Gasteiger partial charge in [0.25, 0.3) is 0 Å². The van der Waals surface area contributed by atoms with E-state index >= 15 is 0 Å². The summed E-state index contributed by atoms with van der Waals surface area (Å²) in [4.78, 5) is 14.8. The number of nitrogens with zero attached hydrogens (tertiary/aromatic N) is 1. The summed E-state index contributed by atoms with van der Waals surface area (Å²) in [6, 6.07) is 3.66. The highest BCUT2D eigenvalue weighted by Crippen LogP contribution is 2.19. The number of carbonyl (C=O) groups excluding carboxylic acids is 1. The maximum Gasteiger partial charge on any atom is 0.221 e. The van der Waals surface area contributed by atoms with Crippen LogP contribution in [0.3, 0.4) is 0 Å². The van der Waals surface area contributed by atoms with Gasteiger partial charge in [-0.15, -0.1) is 0 Å². The largest absolute Gasteiger partial charge is 0.324 e. The number of anilines is 1. The zero-order valence-electron chi connectivity index (χ0n) is 6.89. The van der Waals surface area contributed by atoms with E-state index < -0.39 is 0 Å². The summed E-state index contributed by atoms with van der Waals surface area (Å²) in [5, 5.41) is 2.65. The van der Waals surface area contributed by atoms with Crippen LogP contribution >= 0.6 is 15.9 Å². The maximum absolute atomic E-state index is 10.7. The van der Waals surface area contributed by atoms with Gasteiger partial charge in [-0.05, 0) is 35.0 Å². The Kier molecular flexibility index (Phi) is 2.81. The Morgan fingerprint density at radius 3 is 2.75 bits per heavy atom. The predicted octanol–water partition coefficient (Wildman–Crippen LogP) is 2.11. The van der Waals surface area contributed by atoms with Gasteiger partial charge in [-0.1, -0.05) is 0 Å². The summed E-state index contributed by atoms with van der Waals surface area (Å²) in [7, 11) is 0. The quantitative estimate of drug-likeness (QED) is 0.749. The Hall–Kier alpha value is -0.900. The lowest BCUT2D eigenvalue weighted by molar-refractivity contribution is -0.114. The van der Waals surface area contributed by atoms with Crippen molar-refractivity contribution in [2.24, 2.45) is 0 Å². The SMILES string of the molecule is CC(=O)Nc1ccc(C)nc1Br. The number of aryl methyl sites for hydroxylation is 1. The fourth-order valence-electron chi connectivity index (χ4n) is 0.808. The van der Waals surface area contributed by atoms with Gasteiger partial charge in [0.1, 0.15) is 4.60 Å². The molecule has 64 valence electrons. The third-order valence-electron chi connectivity index (χ3n) is 1.30. The lowest BCUT2D eigenvalue weighted by Crippen LogP contribution is -2.06. The lowest BCUT2D eigenvalue weighted by atomic mass is 10.3. The zero-order chi connectivity index (χ0) is 9.14. The van der Waals surface area contributed by atoms with Crippen molar-refractivity contribution in [1.29, 1.82) is 0 Å². The van der Waals surface area contributed by atoms with Crippen LogP contribution in [0.5, 0.6) is 0 Å². The van der Waals surface area contributed by atoms with E-state index in [1.165, 1.54) is 6.92 Å². The van der Waals surface area contributed by atoms with E-state index in [1.54, 1.807) is 0 Å². The molecule has 1 rings (SSSR count). The number of hydrogen-bond donors (Lipinski definition) is 1. The van der Waals surface area contributed by atoms with E-state index in [-0.39, 0.29) is 5.91 Å². The first kappa shape index (κ1) is 9.19. The summed E-state index contributed by atoms with van der Waals surface area (Å²) >= 11 is 3.25. The highest BCUT2D eigenvalue weighted by molar-refractivity contribution is 9.10. The van der Waals surface area contributed by atoms with Gasteiger partial charge in [0.05, 0.1) is 5.69 Å². The van der Waals surface area contributed by atoms with Gasteiger partial charge in [0.2, 0.25) is 5.91 Å². The van der Waals surface area contributed by atoms with Crippen molar-refractivity contribution in [1.82, 2.24) is 4.98 Å². The minimum absolute atomic E-state index is 0.0960. The van der Waals surface area contributed by atoms with Crippen molar-refractivity contribution >= 4 is 27.5 Å². The Labute approximate surface area is 79.3 Å². The van der Waals surface area contributed by atoms with Crippen LogP contribution in [-0.4, -0.2) is 10.9 Å². The number of hydrogen-bond acceptors (Lipinski definition) is 2. The molecule has 1 heterocycles. The molecule has 3 nitrogen and oxygen atoms in total. The van der Waals surface area contributed by atoms with Crippen LogP contribution in [0.15, 0.2) is 16.7 Å². The molecule has 4 heteroatoms. The Bertz CT molecular complexity index is 312. The molecule has 0 aliphatic carbocycles. The Morgan fingerprint density at radius 2 is 2.25 bits per heavy atom. The fraction of sp³-hybridized carbons (Fsp3) is 0.250. The third kappa shape index (κ3) is 2.30. The molecule has 0 aliphatic rings. The van der Waals surface area contributed by atoms with Crippen LogP contribution in [0.4, 0.5) is 5.69 Å². The summed E-state index contributed by atoms with van der Waals surface area (Å²) in [6.07, 6.45) is 0. The van der Waals surface area contributed by atoms with Crippen molar-refractivity contribution in [2.75, 3.05) is 5.32 Å². The molecule has 1 aromatic heterocycles. The Morgan fingerprint density at radius 1 is 1.58 bits per heavy atom. The van der Waals surface area contributed by atoms with E-state index in [9.17, 15) is 4.79 Å². The summed E-state index contributed by atoms with van der Waals surface area (Å²) in [5.74, 6) is -0.0960. The second-order valence-corrected chi connectivity index (χ2v) is 3.22. The molecule has 0 radical (unpaired) electrons. The van der Waals surface area contributed by atoms with E-state index in [4.69, 9.17) is 0 Å². The number of pyridine rings is 1. The standard InChI is InChI=1S/C8H9BrN2O/c1-5-3-4-7(8(9)10-5)11-6(2)12/h3-4H,1-2H3,(H,11,12). The second kappa shape index (κ2) is 3.67. The average Bonchev–Trinajstić information content (AvgIpc) is 1.94. The van der Waals surface area contributed by atoms with Crippen LogP contribution < -0.4 is 5.32 Å². The lowest BCUT2D eigenvalue weighted by Gasteiger charge is -2.03. The van der Waals surface area contributed by atoms with Crippen LogP contribution in [0, 0.1) is 6.92 Å². The number of nitrogens with one attached hydrogen (secondary N) is 1. The minimum Gasteiger partial charge on any atom is -0.324 e. The molecule has 12 heavy (non-hydrogen) atoms. The van der Waals surface area contributed by atoms with Crippen molar-refractivity contribution in [3.63, 3.8) is 0 Å². The highest BCUT2D eigenvalue weighted by atomic mass is 79.9. The van der Waals surface area contributed by atoms with Crippen molar-refractivity contribution in [3.05, 3.63) is 22.4 Å². The van der Waals surface area contributed by atoms with Crippen LogP contribution in [0.2, 0.25) is 0 Å². The molecule has 1 amide bonds. The van der Waals surface area contributed by atoms with Gasteiger partial charge in [0.15, 0.2) is 0 Å². The van der Waals surface area contributed by atoms with Crippen LogP contribution in [0.25, 0.3) is 0 Å². The molecule has 0 bridgehead atoms. The molecular formula is C8H9BrN2O. The van der Waals surface area contributed by atoms with E-state index in [2.05, 4.69) is 26.2 Å². The molecule has 1 aromatic rings. The van der Waals surface area contributed by atoms with Gasteiger partial charge < -0.3 is 5.32 Å². The fourth-order valence-corrected chi connectivity index (χ4v) is 1.32. The van der Waals surface area contributed by atoms with Gasteiger partial charge in [-0.2, -0.15) is 0 Å². The van der Waals surface area contributed by atoms with Crippen molar-refractivity contribution in [2.45, 2.75) is 13.8 Å². The van der Waals surface area contributed by atoms with E-state index in [0.717, 1.165) is 5.69 Å². The molecule has 0 aliphatic heterocycles. The summed E-state index contributed by atoms with van der Waals surface area (Å²) in [6.45, 7) is 3.36. The van der Waals surface area contributed by atoms with Gasteiger partial charge in [-0.25, -0.2) is 4.98 Å². The van der Waals surface area contributed by atoms with E-state index in [1.807, 2.05) is 19.1 Å². The monoisotopic (exact) mass is 228 g/mol.